The van der Waals surface area contributed by atoms with Crippen LogP contribution >= 0.6 is 22.9 Å². The molecular formula is C20H16ClN5OS. The summed E-state index contributed by atoms with van der Waals surface area (Å²) >= 11 is 7.54. The van der Waals surface area contributed by atoms with Gasteiger partial charge in [-0.15, -0.1) is 11.3 Å². The molecule has 0 radical (unpaired) electrons. The van der Waals surface area contributed by atoms with Gasteiger partial charge in [0.05, 0.1) is 22.9 Å². The Balaban J connectivity index is 1.46. The molecule has 140 valence electrons. The molecule has 0 bridgehead atoms. The smallest absolute Gasteiger partial charge is 0.263 e. The van der Waals surface area contributed by atoms with E-state index in [1.807, 2.05) is 55.5 Å². The summed E-state index contributed by atoms with van der Waals surface area (Å²) < 4.78 is 1.68. The Kier molecular flexibility index (Phi) is 5.18. The van der Waals surface area contributed by atoms with Gasteiger partial charge in [-0.05, 0) is 30.7 Å². The number of rotatable bonds is 5. The lowest BCUT2D eigenvalue weighted by Crippen LogP contribution is -2.25. The van der Waals surface area contributed by atoms with Crippen molar-refractivity contribution in [3.05, 3.63) is 82.8 Å². The maximum atomic E-state index is 12.6. The van der Waals surface area contributed by atoms with Crippen molar-refractivity contribution < 1.29 is 4.79 Å². The van der Waals surface area contributed by atoms with Gasteiger partial charge in [0.1, 0.15) is 22.5 Å². The highest BCUT2D eigenvalue weighted by Crippen LogP contribution is 2.31. The predicted molar refractivity (Wildman–Crippen MR) is 110 cm³/mol. The van der Waals surface area contributed by atoms with E-state index in [2.05, 4.69) is 20.4 Å². The van der Waals surface area contributed by atoms with Gasteiger partial charge in [-0.2, -0.15) is 5.10 Å². The van der Waals surface area contributed by atoms with E-state index in [1.165, 1.54) is 17.7 Å². The van der Waals surface area contributed by atoms with Gasteiger partial charge in [0.15, 0.2) is 0 Å². The minimum absolute atomic E-state index is 0.150. The largest absolute Gasteiger partial charge is 0.345 e. The topological polar surface area (TPSA) is 72.7 Å². The minimum atomic E-state index is -0.163. The summed E-state index contributed by atoms with van der Waals surface area (Å²) in [7, 11) is 0. The van der Waals surface area contributed by atoms with Crippen LogP contribution in [-0.2, 0) is 0 Å². The van der Waals surface area contributed by atoms with Crippen LogP contribution in [0.4, 0.5) is 0 Å². The zero-order valence-electron chi connectivity index (χ0n) is 14.9. The van der Waals surface area contributed by atoms with E-state index >= 15 is 0 Å². The molecule has 1 unspecified atom stereocenters. The summed E-state index contributed by atoms with van der Waals surface area (Å²) in [5.41, 5.74) is 2.73. The van der Waals surface area contributed by atoms with Gasteiger partial charge in [-0.1, -0.05) is 41.9 Å². The monoisotopic (exact) mass is 409 g/mol. The molecule has 0 aliphatic rings. The zero-order chi connectivity index (χ0) is 19.5. The van der Waals surface area contributed by atoms with Crippen molar-refractivity contribution in [2.75, 3.05) is 0 Å². The van der Waals surface area contributed by atoms with Crippen molar-refractivity contribution in [3.8, 4) is 16.3 Å². The number of benzene rings is 2. The van der Waals surface area contributed by atoms with Crippen molar-refractivity contribution in [2.24, 2.45) is 0 Å². The lowest BCUT2D eigenvalue weighted by atomic mass is 10.1. The quantitative estimate of drug-likeness (QED) is 0.525. The number of nitrogens with zero attached hydrogens (tertiary/aromatic N) is 4. The number of thiazole rings is 1. The molecule has 2 heterocycles. The average Bonchev–Trinajstić information content (AvgIpc) is 3.41. The Morgan fingerprint density at radius 3 is 2.68 bits per heavy atom. The van der Waals surface area contributed by atoms with Crippen molar-refractivity contribution in [3.63, 3.8) is 0 Å². The number of hydrogen-bond donors (Lipinski definition) is 1. The van der Waals surface area contributed by atoms with Crippen LogP contribution in [0.2, 0.25) is 5.02 Å². The summed E-state index contributed by atoms with van der Waals surface area (Å²) in [5.74, 6) is -0.163. The summed E-state index contributed by atoms with van der Waals surface area (Å²) in [6, 6.07) is 15.1. The van der Waals surface area contributed by atoms with Gasteiger partial charge in [0.2, 0.25) is 0 Å². The number of nitrogens with one attached hydrogen (secondary N) is 1. The lowest BCUT2D eigenvalue weighted by Gasteiger charge is -2.14. The second-order valence-corrected chi connectivity index (χ2v) is 7.57. The zero-order valence-corrected chi connectivity index (χ0v) is 16.5. The number of carbonyl (C=O) groups excluding carboxylic acids is 1. The SMILES string of the molecule is CC(NC(=O)c1cnc(-c2ccccc2Cl)s1)c1ccc(-n2cncn2)cc1. The van der Waals surface area contributed by atoms with E-state index < -0.39 is 0 Å². The first-order valence-corrected chi connectivity index (χ1v) is 9.78. The number of aromatic nitrogens is 4. The van der Waals surface area contributed by atoms with E-state index in [9.17, 15) is 4.79 Å². The van der Waals surface area contributed by atoms with Crippen LogP contribution in [0.25, 0.3) is 16.3 Å². The summed E-state index contributed by atoms with van der Waals surface area (Å²) in [6.45, 7) is 1.94. The molecule has 0 aliphatic heterocycles. The molecule has 4 aromatic rings. The molecule has 0 saturated heterocycles. The molecule has 1 amide bonds. The van der Waals surface area contributed by atoms with Crippen LogP contribution in [0.5, 0.6) is 0 Å². The van der Waals surface area contributed by atoms with Crippen LogP contribution in [0.1, 0.15) is 28.2 Å². The van der Waals surface area contributed by atoms with E-state index in [0.29, 0.717) is 9.90 Å². The highest BCUT2D eigenvalue weighted by atomic mass is 35.5. The Hall–Kier alpha value is -3.03. The summed E-state index contributed by atoms with van der Waals surface area (Å²) in [4.78, 5) is 21.4. The van der Waals surface area contributed by atoms with Crippen molar-refractivity contribution in [1.29, 1.82) is 0 Å². The molecule has 6 nitrogen and oxygen atoms in total. The first kappa shape index (κ1) is 18.3. The van der Waals surface area contributed by atoms with Gasteiger partial charge in [-0.25, -0.2) is 14.6 Å². The van der Waals surface area contributed by atoms with Crippen LogP contribution in [0, 0.1) is 0 Å². The third-order valence-corrected chi connectivity index (χ3v) is 5.62. The van der Waals surface area contributed by atoms with Gasteiger partial charge in [0, 0.05) is 5.56 Å². The Bertz CT molecular complexity index is 1090. The van der Waals surface area contributed by atoms with Gasteiger partial charge >= 0.3 is 0 Å². The predicted octanol–water partition coefficient (Wildman–Crippen LogP) is 4.54. The number of halogens is 1. The molecule has 8 heteroatoms. The van der Waals surface area contributed by atoms with E-state index in [4.69, 9.17) is 11.6 Å². The van der Waals surface area contributed by atoms with Crippen molar-refractivity contribution in [1.82, 2.24) is 25.1 Å². The van der Waals surface area contributed by atoms with Crippen LogP contribution in [0.3, 0.4) is 0 Å². The average molecular weight is 410 g/mol. The highest BCUT2D eigenvalue weighted by Gasteiger charge is 2.16. The van der Waals surface area contributed by atoms with Crippen molar-refractivity contribution >= 4 is 28.8 Å². The summed E-state index contributed by atoms with van der Waals surface area (Å²) in [5, 5.41) is 8.45. The number of carbonyl (C=O) groups is 1. The molecule has 1 atom stereocenters. The molecule has 1 N–H and O–H groups in total. The van der Waals surface area contributed by atoms with Gasteiger partial charge in [0.25, 0.3) is 5.91 Å². The third-order valence-electron chi connectivity index (χ3n) is 4.26. The molecule has 2 aromatic heterocycles. The fourth-order valence-electron chi connectivity index (χ4n) is 2.75. The lowest BCUT2D eigenvalue weighted by molar-refractivity contribution is 0.0944. The van der Waals surface area contributed by atoms with Crippen LogP contribution < -0.4 is 5.32 Å². The van der Waals surface area contributed by atoms with E-state index in [1.54, 1.807) is 17.2 Å². The number of hydrogen-bond acceptors (Lipinski definition) is 5. The first-order chi connectivity index (χ1) is 13.6. The fraction of sp³-hybridized carbons (Fsp3) is 0.100. The standard InChI is InChI=1S/C20H16ClN5OS/c1-13(14-6-8-15(9-7-14)26-12-22-11-24-26)25-19(27)18-10-23-20(28-18)16-4-2-3-5-17(16)21/h2-13H,1H3,(H,25,27). The molecule has 2 aromatic carbocycles. The summed E-state index contributed by atoms with van der Waals surface area (Å²) in [6.07, 6.45) is 4.71. The van der Waals surface area contributed by atoms with Crippen LogP contribution in [0.15, 0.2) is 67.4 Å². The first-order valence-electron chi connectivity index (χ1n) is 8.58. The van der Waals surface area contributed by atoms with E-state index in [0.717, 1.165) is 21.8 Å². The maximum absolute atomic E-state index is 12.6. The van der Waals surface area contributed by atoms with Crippen LogP contribution in [-0.4, -0.2) is 25.7 Å². The highest BCUT2D eigenvalue weighted by molar-refractivity contribution is 7.17. The van der Waals surface area contributed by atoms with Crippen molar-refractivity contribution in [2.45, 2.75) is 13.0 Å². The van der Waals surface area contributed by atoms with E-state index in [-0.39, 0.29) is 11.9 Å². The Morgan fingerprint density at radius 1 is 1.18 bits per heavy atom. The molecule has 0 saturated carbocycles. The molecule has 4 rings (SSSR count). The Labute approximate surface area is 170 Å². The molecule has 0 spiro atoms. The second kappa shape index (κ2) is 7.92. The minimum Gasteiger partial charge on any atom is -0.345 e. The van der Waals surface area contributed by atoms with Gasteiger partial charge in [-0.3, -0.25) is 4.79 Å². The molecule has 28 heavy (non-hydrogen) atoms. The molecule has 0 aliphatic carbocycles. The fourth-order valence-corrected chi connectivity index (χ4v) is 3.89. The molecule has 0 fully saturated rings. The second-order valence-electron chi connectivity index (χ2n) is 6.14. The molecular weight excluding hydrogens is 394 g/mol. The number of amides is 1. The normalized spacial score (nSPS) is 11.9. The maximum Gasteiger partial charge on any atom is 0.263 e. The third kappa shape index (κ3) is 3.81. The Morgan fingerprint density at radius 2 is 1.96 bits per heavy atom. The van der Waals surface area contributed by atoms with Gasteiger partial charge < -0.3 is 5.32 Å².